The van der Waals surface area contributed by atoms with Crippen LogP contribution >= 0.6 is 0 Å². The van der Waals surface area contributed by atoms with Crippen molar-refractivity contribution in [2.75, 3.05) is 11.9 Å². The van der Waals surface area contributed by atoms with Crippen molar-refractivity contribution in [3.63, 3.8) is 0 Å². The number of aromatic nitrogens is 3. The lowest BCUT2D eigenvalue weighted by atomic mass is 10.1. The Balaban J connectivity index is 1.70. The van der Waals surface area contributed by atoms with Crippen molar-refractivity contribution < 1.29 is 18.7 Å². The van der Waals surface area contributed by atoms with Gasteiger partial charge in [-0.2, -0.15) is 5.10 Å². The fourth-order valence-corrected chi connectivity index (χ4v) is 3.18. The van der Waals surface area contributed by atoms with Crippen LogP contribution in [0.5, 0.6) is 0 Å². The Morgan fingerprint density at radius 3 is 3.00 bits per heavy atom. The van der Waals surface area contributed by atoms with Crippen LogP contribution < -0.4 is 11.1 Å². The number of nitrogens with one attached hydrogen (secondary N) is 1. The van der Waals surface area contributed by atoms with Crippen LogP contribution in [0.15, 0.2) is 41.1 Å². The lowest BCUT2D eigenvalue weighted by Crippen LogP contribution is -2.10. The highest BCUT2D eigenvalue weighted by Gasteiger charge is 2.18. The van der Waals surface area contributed by atoms with E-state index in [0.717, 1.165) is 0 Å². The molecule has 0 amide bonds. The molecular weight excluding hydrogens is 365 g/mol. The normalized spacial score (nSPS) is 12.5. The summed E-state index contributed by atoms with van der Waals surface area (Å²) in [6.45, 7) is 2.28. The molecule has 3 aromatic heterocycles. The standard InChI is InChI=1S/C19H18FN5O3/c1-10(14-8-12(20)6-11-7-13(2-4-21)28-17(11)14)23-16-3-5-25-18(24-16)15(9-22-25)19(26)27/h3,5-10H,2,4,21H2,1H3,(H,23,24)(H,26,27)/t10-/m1/s1. The fourth-order valence-electron chi connectivity index (χ4n) is 3.18. The van der Waals surface area contributed by atoms with Crippen LogP contribution in [-0.2, 0) is 6.42 Å². The molecule has 8 nitrogen and oxygen atoms in total. The van der Waals surface area contributed by atoms with Crippen LogP contribution in [0, 0.1) is 5.82 Å². The molecule has 0 spiro atoms. The zero-order valence-electron chi connectivity index (χ0n) is 15.0. The van der Waals surface area contributed by atoms with Gasteiger partial charge in [0.15, 0.2) is 5.65 Å². The highest BCUT2D eigenvalue weighted by molar-refractivity contribution is 5.94. The summed E-state index contributed by atoms with van der Waals surface area (Å²) in [6, 6.07) is 5.94. The molecule has 1 aromatic carbocycles. The van der Waals surface area contributed by atoms with Gasteiger partial charge in [0, 0.05) is 23.6 Å². The minimum atomic E-state index is -1.11. The molecule has 0 saturated carbocycles. The van der Waals surface area contributed by atoms with E-state index in [9.17, 15) is 14.3 Å². The van der Waals surface area contributed by atoms with Crippen LogP contribution in [0.3, 0.4) is 0 Å². The minimum absolute atomic E-state index is 0.00177. The van der Waals surface area contributed by atoms with Crippen molar-refractivity contribution in [2.45, 2.75) is 19.4 Å². The van der Waals surface area contributed by atoms with Crippen molar-refractivity contribution in [3.05, 3.63) is 59.4 Å². The van der Waals surface area contributed by atoms with Crippen LogP contribution in [0.2, 0.25) is 0 Å². The maximum atomic E-state index is 14.1. The monoisotopic (exact) mass is 383 g/mol. The Kier molecular flexibility index (Phi) is 4.44. The number of nitrogens with two attached hydrogens (primary N) is 1. The number of carbonyl (C=O) groups is 1. The van der Waals surface area contributed by atoms with Crippen LogP contribution in [0.1, 0.15) is 34.6 Å². The molecule has 0 radical (unpaired) electrons. The molecule has 0 fully saturated rings. The number of fused-ring (bicyclic) bond motifs is 2. The van der Waals surface area contributed by atoms with Crippen molar-refractivity contribution in [3.8, 4) is 0 Å². The summed E-state index contributed by atoms with van der Waals surface area (Å²) < 4.78 is 21.4. The maximum Gasteiger partial charge on any atom is 0.341 e. The molecule has 3 heterocycles. The molecule has 1 atom stereocenters. The molecular formula is C19H18FN5O3. The quantitative estimate of drug-likeness (QED) is 0.468. The number of hydrogen-bond acceptors (Lipinski definition) is 6. The van der Waals surface area contributed by atoms with Crippen LogP contribution in [-0.4, -0.2) is 32.2 Å². The third-order valence-electron chi connectivity index (χ3n) is 4.48. The molecule has 0 bridgehead atoms. The number of halogens is 1. The van der Waals surface area contributed by atoms with Gasteiger partial charge in [0.05, 0.1) is 12.2 Å². The highest BCUT2D eigenvalue weighted by atomic mass is 19.1. The van der Waals surface area contributed by atoms with Gasteiger partial charge in [-0.1, -0.05) is 0 Å². The van der Waals surface area contributed by atoms with Gasteiger partial charge in [0.25, 0.3) is 0 Å². The molecule has 144 valence electrons. The Bertz CT molecular complexity index is 1180. The number of rotatable bonds is 6. The number of carboxylic acids is 1. The Labute approximate surface area is 158 Å². The molecule has 4 aromatic rings. The number of aromatic carboxylic acids is 1. The second-order valence-corrected chi connectivity index (χ2v) is 6.48. The van der Waals surface area contributed by atoms with Gasteiger partial charge >= 0.3 is 5.97 Å². The molecule has 0 aliphatic carbocycles. The second kappa shape index (κ2) is 6.93. The Morgan fingerprint density at radius 1 is 1.43 bits per heavy atom. The molecule has 0 aliphatic heterocycles. The van der Waals surface area contributed by atoms with E-state index in [2.05, 4.69) is 15.4 Å². The smallest absolute Gasteiger partial charge is 0.341 e. The van der Waals surface area contributed by atoms with Gasteiger partial charge < -0.3 is 20.6 Å². The molecule has 4 rings (SSSR count). The third-order valence-corrected chi connectivity index (χ3v) is 4.48. The zero-order valence-corrected chi connectivity index (χ0v) is 15.0. The van der Waals surface area contributed by atoms with Gasteiger partial charge in [0.1, 0.15) is 28.5 Å². The van der Waals surface area contributed by atoms with Crippen molar-refractivity contribution in [1.29, 1.82) is 0 Å². The van der Waals surface area contributed by atoms with Gasteiger partial charge in [0.2, 0.25) is 0 Å². The lowest BCUT2D eigenvalue weighted by Gasteiger charge is -2.15. The lowest BCUT2D eigenvalue weighted by molar-refractivity contribution is 0.0698. The SMILES string of the molecule is C[C@@H](Nc1ccn2ncc(C(=O)O)c2n1)c1cc(F)cc2cc(CCN)oc12. The summed E-state index contributed by atoms with van der Waals surface area (Å²) in [5.74, 6) is -0.346. The zero-order chi connectivity index (χ0) is 19.8. The Hall–Kier alpha value is -3.46. The number of furan rings is 1. The van der Waals surface area contributed by atoms with Gasteiger partial charge in [-0.25, -0.2) is 18.7 Å². The second-order valence-electron chi connectivity index (χ2n) is 6.48. The molecule has 28 heavy (non-hydrogen) atoms. The van der Waals surface area contributed by atoms with Gasteiger partial charge in [-0.3, -0.25) is 0 Å². The van der Waals surface area contributed by atoms with E-state index >= 15 is 0 Å². The predicted octanol–water partition coefficient (Wildman–Crippen LogP) is 2.99. The first-order chi connectivity index (χ1) is 13.5. The maximum absolute atomic E-state index is 14.1. The summed E-state index contributed by atoms with van der Waals surface area (Å²) in [6.07, 6.45) is 3.42. The average molecular weight is 383 g/mol. The average Bonchev–Trinajstić information content (AvgIpc) is 3.24. The topological polar surface area (TPSA) is 119 Å². The molecule has 0 unspecified atom stereocenters. The Morgan fingerprint density at radius 2 is 2.25 bits per heavy atom. The summed E-state index contributed by atoms with van der Waals surface area (Å²) in [4.78, 5) is 15.6. The first-order valence-corrected chi connectivity index (χ1v) is 8.72. The molecule has 0 aliphatic rings. The van der Waals surface area contributed by atoms with E-state index in [1.54, 1.807) is 18.3 Å². The predicted molar refractivity (Wildman–Crippen MR) is 101 cm³/mol. The van der Waals surface area contributed by atoms with Crippen molar-refractivity contribution in [2.24, 2.45) is 5.73 Å². The van der Waals surface area contributed by atoms with Crippen LogP contribution in [0.4, 0.5) is 10.2 Å². The number of carboxylic acid groups (broad SMARTS) is 1. The summed E-state index contributed by atoms with van der Waals surface area (Å²) in [5, 5.41) is 17.0. The van der Waals surface area contributed by atoms with E-state index in [-0.39, 0.29) is 23.1 Å². The molecule has 4 N–H and O–H groups in total. The largest absolute Gasteiger partial charge is 0.477 e. The fraction of sp³-hybridized carbons (Fsp3) is 0.211. The van der Waals surface area contributed by atoms with Gasteiger partial charge in [-0.15, -0.1) is 0 Å². The third kappa shape index (κ3) is 3.16. The first kappa shape index (κ1) is 17.9. The number of anilines is 1. The van der Waals surface area contributed by atoms with Crippen molar-refractivity contribution in [1.82, 2.24) is 14.6 Å². The number of benzene rings is 1. The number of hydrogen-bond donors (Lipinski definition) is 3. The van der Waals surface area contributed by atoms with E-state index in [1.165, 1.54) is 22.8 Å². The first-order valence-electron chi connectivity index (χ1n) is 8.72. The summed E-state index contributed by atoms with van der Waals surface area (Å²) in [5.41, 5.74) is 7.02. The molecule has 0 saturated heterocycles. The minimum Gasteiger partial charge on any atom is -0.477 e. The van der Waals surface area contributed by atoms with E-state index in [4.69, 9.17) is 10.2 Å². The highest BCUT2D eigenvalue weighted by Crippen LogP contribution is 2.30. The van der Waals surface area contributed by atoms with E-state index in [0.29, 0.717) is 41.1 Å². The summed E-state index contributed by atoms with van der Waals surface area (Å²) >= 11 is 0. The molecule has 9 heteroatoms. The number of nitrogens with zero attached hydrogens (tertiary/aromatic N) is 3. The van der Waals surface area contributed by atoms with Crippen molar-refractivity contribution >= 4 is 28.4 Å². The van der Waals surface area contributed by atoms with Crippen LogP contribution in [0.25, 0.3) is 16.6 Å². The van der Waals surface area contributed by atoms with Gasteiger partial charge in [-0.05, 0) is 37.7 Å². The summed E-state index contributed by atoms with van der Waals surface area (Å²) in [7, 11) is 0. The van der Waals surface area contributed by atoms with E-state index < -0.39 is 5.97 Å². The van der Waals surface area contributed by atoms with E-state index in [1.807, 2.05) is 6.92 Å².